The fourth-order valence-electron chi connectivity index (χ4n) is 0.933. The minimum atomic E-state index is -4.71. The third-order valence-electron chi connectivity index (χ3n) is 1.61. The van der Waals surface area contributed by atoms with Gasteiger partial charge in [-0.05, 0) is 12.1 Å². The Hall–Kier alpha value is -0.685. The topological polar surface area (TPSA) is 34.1 Å². The van der Waals surface area contributed by atoms with Crippen LogP contribution in [0.2, 0.25) is 0 Å². The van der Waals surface area contributed by atoms with Gasteiger partial charge in [-0.25, -0.2) is 8.42 Å². The summed E-state index contributed by atoms with van der Waals surface area (Å²) in [5.41, 5.74) is -1.77. The van der Waals surface area contributed by atoms with Crippen LogP contribution in [-0.2, 0) is 15.2 Å². The van der Waals surface area contributed by atoms with Gasteiger partial charge < -0.3 is 0 Å². The van der Waals surface area contributed by atoms with Crippen LogP contribution in [-0.4, -0.2) is 16.3 Å². The van der Waals surface area contributed by atoms with Gasteiger partial charge in [0.1, 0.15) is 7.85 Å². The first-order valence-electron chi connectivity index (χ1n) is 3.54. The fraction of sp³-hybridized carbons (Fsp3) is 0.143. The van der Waals surface area contributed by atoms with E-state index in [-0.39, 0.29) is 0 Å². The zero-order valence-electron chi connectivity index (χ0n) is 7.05. The van der Waals surface area contributed by atoms with Gasteiger partial charge in [-0.3, -0.25) is 0 Å². The van der Waals surface area contributed by atoms with E-state index in [9.17, 15) is 21.6 Å². The molecule has 0 saturated heterocycles. The predicted octanol–water partition coefficient (Wildman–Crippen LogP) is 1.43. The SMILES string of the molecule is [B]c1ccc(S(=O)(=O)Cl)cc1C(F)(F)F. The maximum Gasteiger partial charge on any atom is 0.415 e. The van der Waals surface area contributed by atoms with E-state index in [1.807, 2.05) is 0 Å². The van der Waals surface area contributed by atoms with Gasteiger partial charge in [0.2, 0.25) is 0 Å². The van der Waals surface area contributed by atoms with Crippen LogP contribution in [0.15, 0.2) is 23.1 Å². The second-order valence-electron chi connectivity index (χ2n) is 2.68. The summed E-state index contributed by atoms with van der Waals surface area (Å²) in [7, 11) is 5.77. The Kier molecular flexibility index (Phi) is 3.07. The Balaban J connectivity index is 3.43. The lowest BCUT2D eigenvalue weighted by Gasteiger charge is -2.11. The van der Waals surface area contributed by atoms with Crippen LogP contribution < -0.4 is 5.46 Å². The van der Waals surface area contributed by atoms with E-state index < -0.39 is 31.1 Å². The Morgan fingerprint density at radius 1 is 1.27 bits per heavy atom. The van der Waals surface area contributed by atoms with Gasteiger partial charge in [-0.2, -0.15) is 13.2 Å². The molecular formula is C7H3BClF3O2S. The third-order valence-corrected chi connectivity index (χ3v) is 2.96. The number of alkyl halides is 3. The van der Waals surface area contributed by atoms with Crippen LogP contribution in [0, 0.1) is 0 Å². The molecule has 0 amide bonds. The van der Waals surface area contributed by atoms with Gasteiger partial charge in [-0.15, -0.1) is 0 Å². The number of benzene rings is 1. The highest BCUT2D eigenvalue weighted by Crippen LogP contribution is 2.29. The summed E-state index contributed by atoms with van der Waals surface area (Å²) in [6.07, 6.45) is -4.71. The molecule has 0 bridgehead atoms. The molecule has 2 radical (unpaired) electrons. The Bertz CT molecular complexity index is 483. The first-order valence-corrected chi connectivity index (χ1v) is 5.84. The summed E-state index contributed by atoms with van der Waals surface area (Å²) in [4.78, 5) is -0.634. The number of hydrogen-bond acceptors (Lipinski definition) is 2. The van der Waals surface area contributed by atoms with Crippen molar-refractivity contribution in [2.24, 2.45) is 0 Å². The Morgan fingerprint density at radius 3 is 2.20 bits per heavy atom. The molecule has 0 aliphatic heterocycles. The average molecular weight is 254 g/mol. The summed E-state index contributed by atoms with van der Waals surface area (Å²) in [5.74, 6) is 0. The first kappa shape index (κ1) is 12.4. The molecule has 8 heteroatoms. The highest BCUT2D eigenvalue weighted by Gasteiger charge is 2.33. The van der Waals surface area contributed by atoms with Gasteiger partial charge >= 0.3 is 6.18 Å². The first-order chi connectivity index (χ1) is 6.62. The molecule has 0 saturated carbocycles. The van der Waals surface area contributed by atoms with Crippen molar-refractivity contribution in [3.05, 3.63) is 23.8 Å². The van der Waals surface area contributed by atoms with Crippen LogP contribution in [0.1, 0.15) is 5.56 Å². The summed E-state index contributed by atoms with van der Waals surface area (Å²) >= 11 is 0. The van der Waals surface area contributed by atoms with E-state index in [0.717, 1.165) is 12.1 Å². The molecule has 0 N–H and O–H groups in total. The largest absolute Gasteiger partial charge is 0.415 e. The van der Waals surface area contributed by atoms with E-state index in [2.05, 4.69) is 0 Å². The van der Waals surface area contributed by atoms with Crippen molar-refractivity contribution in [3.8, 4) is 0 Å². The normalized spacial score (nSPS) is 12.8. The van der Waals surface area contributed by atoms with Crippen LogP contribution >= 0.6 is 10.7 Å². The molecule has 0 unspecified atom stereocenters. The standard InChI is InChI=1S/C7H3BClF3O2S/c8-6-2-1-4(15(9,13)14)3-5(6)7(10,11)12/h1-3H. The van der Waals surface area contributed by atoms with Crippen LogP contribution in [0.3, 0.4) is 0 Å². The second-order valence-corrected chi connectivity index (χ2v) is 5.25. The number of rotatable bonds is 1. The van der Waals surface area contributed by atoms with Gasteiger partial charge in [0.05, 0.1) is 4.90 Å². The summed E-state index contributed by atoms with van der Waals surface area (Å²) < 4.78 is 58.5. The van der Waals surface area contributed by atoms with Crippen molar-refractivity contribution in [1.82, 2.24) is 0 Å². The van der Waals surface area contributed by atoms with Gasteiger partial charge in [0.15, 0.2) is 0 Å². The molecule has 0 fully saturated rings. The molecule has 80 valence electrons. The van der Waals surface area contributed by atoms with Crippen molar-refractivity contribution >= 4 is 33.0 Å². The van der Waals surface area contributed by atoms with E-state index in [1.165, 1.54) is 0 Å². The van der Waals surface area contributed by atoms with Crippen molar-refractivity contribution in [3.63, 3.8) is 0 Å². The minimum absolute atomic E-state index is 0.400. The van der Waals surface area contributed by atoms with Crippen molar-refractivity contribution in [2.45, 2.75) is 11.1 Å². The van der Waals surface area contributed by atoms with Gasteiger partial charge in [0.25, 0.3) is 9.05 Å². The summed E-state index contributed by atoms with van der Waals surface area (Å²) in [6, 6.07) is 2.16. The van der Waals surface area contributed by atoms with Crippen molar-refractivity contribution in [2.75, 3.05) is 0 Å². The van der Waals surface area contributed by atoms with E-state index in [0.29, 0.717) is 6.07 Å². The highest BCUT2D eigenvalue weighted by molar-refractivity contribution is 8.13. The van der Waals surface area contributed by atoms with Gasteiger partial charge in [-0.1, -0.05) is 11.5 Å². The predicted molar refractivity (Wildman–Crippen MR) is 49.9 cm³/mol. The van der Waals surface area contributed by atoms with Crippen LogP contribution in [0.5, 0.6) is 0 Å². The zero-order valence-corrected chi connectivity index (χ0v) is 8.62. The molecule has 1 aromatic rings. The maximum absolute atomic E-state index is 12.3. The second kappa shape index (κ2) is 3.71. The molecule has 1 aromatic carbocycles. The molecular weight excluding hydrogens is 251 g/mol. The number of hydrogen-bond donors (Lipinski definition) is 0. The van der Waals surface area contributed by atoms with Crippen LogP contribution in [0.25, 0.3) is 0 Å². The third kappa shape index (κ3) is 2.88. The highest BCUT2D eigenvalue weighted by atomic mass is 35.7. The maximum atomic E-state index is 12.3. The van der Waals surface area contributed by atoms with Crippen molar-refractivity contribution < 1.29 is 21.6 Å². The molecule has 0 atom stereocenters. The fourth-order valence-corrected chi connectivity index (χ4v) is 1.71. The van der Waals surface area contributed by atoms with E-state index in [4.69, 9.17) is 18.5 Å². The molecule has 2 nitrogen and oxygen atoms in total. The molecule has 0 aliphatic rings. The lowest BCUT2D eigenvalue weighted by atomic mass is 9.90. The van der Waals surface area contributed by atoms with Gasteiger partial charge in [0, 0.05) is 16.2 Å². The molecule has 15 heavy (non-hydrogen) atoms. The van der Waals surface area contributed by atoms with Crippen LogP contribution in [0.4, 0.5) is 13.2 Å². The molecule has 0 aromatic heterocycles. The number of halogens is 4. The smallest absolute Gasteiger partial charge is 0.207 e. The Morgan fingerprint density at radius 2 is 1.80 bits per heavy atom. The molecule has 0 spiro atoms. The molecule has 0 heterocycles. The zero-order chi connectivity index (χ0) is 11.9. The minimum Gasteiger partial charge on any atom is -0.207 e. The van der Waals surface area contributed by atoms with E-state index in [1.54, 1.807) is 0 Å². The average Bonchev–Trinajstić information content (AvgIpc) is 2.00. The lowest BCUT2D eigenvalue weighted by Crippen LogP contribution is -2.20. The Labute approximate surface area is 89.9 Å². The van der Waals surface area contributed by atoms with E-state index >= 15 is 0 Å². The monoisotopic (exact) mass is 254 g/mol. The quantitative estimate of drug-likeness (QED) is 0.561. The summed E-state index contributed by atoms with van der Waals surface area (Å²) in [5, 5.41) is 0. The van der Waals surface area contributed by atoms with Crippen molar-refractivity contribution in [1.29, 1.82) is 0 Å². The molecule has 1 rings (SSSR count). The lowest BCUT2D eigenvalue weighted by molar-refractivity contribution is -0.136. The molecule has 0 aliphatic carbocycles. The summed E-state index contributed by atoms with van der Waals surface area (Å²) in [6.45, 7) is 0.